The van der Waals surface area contributed by atoms with Gasteiger partial charge in [-0.1, -0.05) is 38.5 Å². The fraction of sp³-hybridized carbons (Fsp3) is 0.346. The summed E-state index contributed by atoms with van der Waals surface area (Å²) in [5.41, 5.74) is 1.23. The summed E-state index contributed by atoms with van der Waals surface area (Å²) in [7, 11) is 2.80. The van der Waals surface area contributed by atoms with Crippen LogP contribution in [0.2, 0.25) is 0 Å². The van der Waals surface area contributed by atoms with Crippen LogP contribution in [0.4, 0.5) is 36.7 Å². The first kappa shape index (κ1) is 25.2. The molecule has 0 bridgehead atoms. The van der Waals surface area contributed by atoms with Gasteiger partial charge in [-0.15, -0.1) is 0 Å². The van der Waals surface area contributed by atoms with Crippen molar-refractivity contribution >= 4 is 29.2 Å². The number of ether oxygens (including phenoxy) is 2. The van der Waals surface area contributed by atoms with Crippen molar-refractivity contribution in [3.05, 3.63) is 59.8 Å². The molecule has 5 rings (SSSR count). The summed E-state index contributed by atoms with van der Waals surface area (Å²) in [5.74, 6) is -0.151. The lowest BCUT2D eigenvalue weighted by molar-refractivity contribution is 0.255. The van der Waals surface area contributed by atoms with Gasteiger partial charge in [-0.3, -0.25) is 10.2 Å². The molecular weight excluding hydrogens is 468 g/mol. The Morgan fingerprint density at radius 3 is 2.31 bits per heavy atom. The molecule has 2 N–H and O–H groups in total. The SMILES string of the molecule is C1CCCCC1.COc1ccc(N2Cc3cnc(Nc4ccc(F)c(OC)c4)nc3NC2=O)c(F)c1. The highest BCUT2D eigenvalue weighted by Crippen LogP contribution is 2.31. The Labute approximate surface area is 208 Å². The quantitative estimate of drug-likeness (QED) is 0.424. The second-order valence-corrected chi connectivity index (χ2v) is 8.50. The fourth-order valence-electron chi connectivity index (χ4n) is 4.06. The molecule has 0 atom stereocenters. The van der Waals surface area contributed by atoms with Crippen LogP contribution in [0, 0.1) is 11.6 Å². The molecule has 36 heavy (non-hydrogen) atoms. The van der Waals surface area contributed by atoms with Crippen LogP contribution >= 0.6 is 0 Å². The van der Waals surface area contributed by atoms with E-state index in [9.17, 15) is 13.6 Å². The molecule has 2 amide bonds. The van der Waals surface area contributed by atoms with E-state index in [1.807, 2.05) is 0 Å². The van der Waals surface area contributed by atoms with Crippen LogP contribution in [-0.4, -0.2) is 30.2 Å². The highest BCUT2D eigenvalue weighted by Gasteiger charge is 2.27. The van der Waals surface area contributed by atoms with Gasteiger partial charge in [0, 0.05) is 29.6 Å². The number of halogens is 2. The van der Waals surface area contributed by atoms with Crippen molar-refractivity contribution in [2.45, 2.75) is 45.1 Å². The first-order chi connectivity index (χ1) is 17.5. The Hall–Kier alpha value is -3.95. The Kier molecular flexibility index (Phi) is 8.14. The molecule has 10 heteroatoms. The van der Waals surface area contributed by atoms with Crippen molar-refractivity contribution < 1.29 is 23.0 Å². The third-order valence-electron chi connectivity index (χ3n) is 6.02. The highest BCUT2D eigenvalue weighted by molar-refractivity contribution is 6.03. The number of anilines is 4. The fourth-order valence-corrected chi connectivity index (χ4v) is 4.06. The maximum Gasteiger partial charge on any atom is 0.327 e. The van der Waals surface area contributed by atoms with Gasteiger partial charge in [0.05, 0.1) is 26.5 Å². The van der Waals surface area contributed by atoms with Gasteiger partial charge in [-0.2, -0.15) is 4.98 Å². The smallest absolute Gasteiger partial charge is 0.327 e. The monoisotopic (exact) mass is 497 g/mol. The van der Waals surface area contributed by atoms with Gasteiger partial charge in [0.2, 0.25) is 5.95 Å². The van der Waals surface area contributed by atoms with E-state index in [0.717, 1.165) is 0 Å². The van der Waals surface area contributed by atoms with Crippen molar-refractivity contribution in [1.29, 1.82) is 0 Å². The van der Waals surface area contributed by atoms with Crippen LogP contribution < -0.4 is 25.0 Å². The lowest BCUT2D eigenvalue weighted by Gasteiger charge is -2.29. The number of urea groups is 1. The van der Waals surface area contributed by atoms with Crippen LogP contribution in [0.5, 0.6) is 11.5 Å². The number of carbonyl (C=O) groups is 1. The number of hydrogen-bond donors (Lipinski definition) is 2. The molecule has 0 saturated heterocycles. The standard InChI is InChI=1S/C20H17F2N5O3.C6H12/c1-29-13-4-6-16(15(22)8-13)27-10-11-9-23-19(25-18(11)26-20(27)28)24-12-3-5-14(21)17(7-12)30-2;1-2-4-6-5-3-1/h3-9H,10H2,1-2H3,(H2,23,24,25,26,28);1-6H2. The first-order valence-corrected chi connectivity index (χ1v) is 11.9. The molecule has 0 spiro atoms. The van der Waals surface area contributed by atoms with Crippen LogP contribution in [0.15, 0.2) is 42.6 Å². The minimum absolute atomic E-state index is 0.0726. The number of amides is 2. The summed E-state index contributed by atoms with van der Waals surface area (Å²) >= 11 is 0. The summed E-state index contributed by atoms with van der Waals surface area (Å²) in [6.45, 7) is 0.0923. The van der Waals surface area contributed by atoms with Gasteiger partial charge < -0.3 is 14.8 Å². The molecular formula is C26H29F2N5O3. The van der Waals surface area contributed by atoms with E-state index in [-0.39, 0.29) is 23.9 Å². The number of carbonyl (C=O) groups excluding carboxylic acids is 1. The zero-order valence-electron chi connectivity index (χ0n) is 20.3. The predicted molar refractivity (Wildman–Crippen MR) is 134 cm³/mol. The molecule has 1 aliphatic carbocycles. The zero-order valence-corrected chi connectivity index (χ0v) is 20.3. The third kappa shape index (κ3) is 5.99. The third-order valence-corrected chi connectivity index (χ3v) is 6.02. The van der Waals surface area contributed by atoms with Crippen molar-refractivity contribution in [2.24, 2.45) is 0 Å². The van der Waals surface area contributed by atoms with Crippen LogP contribution in [0.25, 0.3) is 0 Å². The predicted octanol–water partition coefficient (Wildman–Crippen LogP) is 6.41. The van der Waals surface area contributed by atoms with Crippen molar-refractivity contribution in [3.63, 3.8) is 0 Å². The van der Waals surface area contributed by atoms with E-state index in [0.29, 0.717) is 22.8 Å². The highest BCUT2D eigenvalue weighted by atomic mass is 19.1. The van der Waals surface area contributed by atoms with Crippen LogP contribution in [-0.2, 0) is 6.54 Å². The summed E-state index contributed by atoms with van der Waals surface area (Å²) in [6.07, 6.45) is 10.5. The van der Waals surface area contributed by atoms with E-state index in [4.69, 9.17) is 9.47 Å². The number of rotatable bonds is 5. The molecule has 1 aromatic heterocycles. The van der Waals surface area contributed by atoms with E-state index >= 15 is 0 Å². The number of fused-ring (bicyclic) bond motifs is 1. The van der Waals surface area contributed by atoms with Crippen molar-refractivity contribution in [2.75, 3.05) is 29.8 Å². The number of benzene rings is 2. The topological polar surface area (TPSA) is 88.6 Å². The Morgan fingerprint density at radius 1 is 0.944 bits per heavy atom. The first-order valence-electron chi connectivity index (χ1n) is 11.9. The zero-order chi connectivity index (χ0) is 25.5. The summed E-state index contributed by atoms with van der Waals surface area (Å²) in [4.78, 5) is 22.3. The van der Waals surface area contributed by atoms with Crippen molar-refractivity contribution in [1.82, 2.24) is 9.97 Å². The largest absolute Gasteiger partial charge is 0.497 e. The molecule has 2 aliphatic rings. The van der Waals surface area contributed by atoms with Gasteiger partial charge in [0.25, 0.3) is 0 Å². The molecule has 1 aliphatic heterocycles. The molecule has 2 aromatic carbocycles. The summed E-state index contributed by atoms with van der Waals surface area (Å²) < 4.78 is 37.9. The molecule has 2 heterocycles. The normalized spacial score (nSPS) is 14.7. The number of methoxy groups -OCH3 is 2. The average Bonchev–Trinajstić information content (AvgIpc) is 2.91. The molecule has 1 fully saturated rings. The van der Waals surface area contributed by atoms with Gasteiger partial charge >= 0.3 is 6.03 Å². The van der Waals surface area contributed by atoms with Crippen LogP contribution in [0.1, 0.15) is 44.1 Å². The second-order valence-electron chi connectivity index (χ2n) is 8.50. The maximum atomic E-state index is 14.4. The number of aromatic nitrogens is 2. The maximum absolute atomic E-state index is 14.4. The van der Waals surface area contributed by atoms with Gasteiger partial charge in [-0.05, 0) is 24.3 Å². The molecule has 0 radical (unpaired) electrons. The molecule has 3 aromatic rings. The number of hydrogen-bond acceptors (Lipinski definition) is 6. The Balaban J connectivity index is 0.000000445. The minimum atomic E-state index is -0.586. The van der Waals surface area contributed by atoms with E-state index in [1.165, 1.54) is 94.2 Å². The number of nitrogens with one attached hydrogen (secondary N) is 2. The van der Waals surface area contributed by atoms with Gasteiger partial charge in [0.15, 0.2) is 17.4 Å². The number of nitrogens with zero attached hydrogens (tertiary/aromatic N) is 3. The Morgan fingerprint density at radius 2 is 1.67 bits per heavy atom. The molecule has 1 saturated carbocycles. The minimum Gasteiger partial charge on any atom is -0.497 e. The summed E-state index contributed by atoms with van der Waals surface area (Å²) in [5, 5.41) is 5.56. The molecule has 8 nitrogen and oxygen atoms in total. The second kappa shape index (κ2) is 11.7. The van der Waals surface area contributed by atoms with Gasteiger partial charge in [0.1, 0.15) is 11.6 Å². The Bertz CT molecular complexity index is 1210. The lowest BCUT2D eigenvalue weighted by atomic mass is 10.0. The van der Waals surface area contributed by atoms with Crippen LogP contribution in [0.3, 0.4) is 0 Å². The van der Waals surface area contributed by atoms with E-state index < -0.39 is 17.7 Å². The summed E-state index contributed by atoms with van der Waals surface area (Å²) in [6, 6.07) is 7.94. The van der Waals surface area contributed by atoms with Crippen molar-refractivity contribution in [3.8, 4) is 11.5 Å². The lowest BCUT2D eigenvalue weighted by Crippen LogP contribution is -2.39. The molecule has 190 valence electrons. The van der Waals surface area contributed by atoms with Gasteiger partial charge in [-0.25, -0.2) is 18.6 Å². The van der Waals surface area contributed by atoms with E-state index in [2.05, 4.69) is 20.6 Å². The van der Waals surface area contributed by atoms with E-state index in [1.54, 1.807) is 6.07 Å². The molecule has 0 unspecified atom stereocenters. The average molecular weight is 498 g/mol.